The molecule has 1 N–H and O–H groups in total. The minimum atomic E-state index is -0.336. The first kappa shape index (κ1) is 14.0. The summed E-state index contributed by atoms with van der Waals surface area (Å²) in [6.45, 7) is 0.0615. The number of carbonyl (C=O) groups excluding carboxylic acids is 3. The Labute approximate surface area is 138 Å². The first-order chi connectivity index (χ1) is 11.6. The van der Waals surface area contributed by atoms with E-state index in [1.165, 1.54) is 11.2 Å². The Hall–Kier alpha value is -2.37. The third kappa shape index (κ3) is 1.85. The van der Waals surface area contributed by atoms with E-state index in [-0.39, 0.29) is 54.5 Å². The molecule has 0 unspecified atom stereocenters. The molecule has 124 valence electrons. The summed E-state index contributed by atoms with van der Waals surface area (Å²) in [5.74, 6) is 1.02. The fourth-order valence-electron chi connectivity index (χ4n) is 4.97. The van der Waals surface area contributed by atoms with Gasteiger partial charge in [-0.3, -0.25) is 19.3 Å². The molecule has 6 nitrogen and oxygen atoms in total. The molecule has 1 aromatic rings. The van der Waals surface area contributed by atoms with Gasteiger partial charge in [0.05, 0.1) is 24.6 Å². The highest BCUT2D eigenvalue weighted by molar-refractivity contribution is 6.08. The standard InChI is InChI=1S/C18H18N2O4/c21-14(19-7-9-2-1-5-24-9)8-20-17(22)15-10-3-4-11(13-6-12(10)13)16(15)18(20)23/h1-5,10-13,15-16H,6-8H2,(H,19,21)/t10-,11-,12-,13-,15+,16+/m0/s1. The van der Waals surface area contributed by atoms with E-state index in [9.17, 15) is 14.4 Å². The van der Waals surface area contributed by atoms with E-state index in [0.29, 0.717) is 17.6 Å². The number of likely N-dealkylation sites (tertiary alicyclic amines) is 1. The number of carbonyl (C=O) groups is 3. The van der Waals surface area contributed by atoms with Crippen LogP contribution >= 0.6 is 0 Å². The first-order valence-electron chi connectivity index (χ1n) is 8.48. The fourth-order valence-corrected chi connectivity index (χ4v) is 4.97. The van der Waals surface area contributed by atoms with Gasteiger partial charge in [-0.25, -0.2) is 0 Å². The highest BCUT2D eigenvalue weighted by atomic mass is 16.3. The van der Waals surface area contributed by atoms with Gasteiger partial charge in [0.1, 0.15) is 12.3 Å². The molecule has 0 spiro atoms. The molecular weight excluding hydrogens is 308 g/mol. The van der Waals surface area contributed by atoms with Crippen molar-refractivity contribution in [2.24, 2.45) is 35.5 Å². The quantitative estimate of drug-likeness (QED) is 0.660. The van der Waals surface area contributed by atoms with Crippen LogP contribution in [0.15, 0.2) is 35.0 Å². The third-order valence-electron chi connectivity index (χ3n) is 6.10. The van der Waals surface area contributed by atoms with E-state index in [0.717, 1.165) is 6.42 Å². The monoisotopic (exact) mass is 326 g/mol. The van der Waals surface area contributed by atoms with Crippen LogP contribution in [0.2, 0.25) is 0 Å². The molecule has 3 fully saturated rings. The first-order valence-corrected chi connectivity index (χ1v) is 8.48. The van der Waals surface area contributed by atoms with Crippen LogP contribution in [0, 0.1) is 35.5 Å². The van der Waals surface area contributed by atoms with Gasteiger partial charge in [-0.15, -0.1) is 0 Å². The van der Waals surface area contributed by atoms with E-state index >= 15 is 0 Å². The SMILES string of the molecule is O=C(CN1C(=O)[C@@H]2[C@H]3C=C[C@@H]([C@@H]4C[C@@H]34)[C@H]2C1=O)NCc1ccco1. The van der Waals surface area contributed by atoms with Crippen molar-refractivity contribution in [1.82, 2.24) is 10.2 Å². The maximum Gasteiger partial charge on any atom is 0.240 e. The summed E-state index contributed by atoms with van der Waals surface area (Å²) in [6.07, 6.45) is 6.94. The van der Waals surface area contributed by atoms with E-state index in [1.807, 2.05) is 0 Å². The zero-order valence-electron chi connectivity index (χ0n) is 13.1. The van der Waals surface area contributed by atoms with Crippen LogP contribution in [0.5, 0.6) is 0 Å². The van der Waals surface area contributed by atoms with Gasteiger partial charge >= 0.3 is 0 Å². The largest absolute Gasteiger partial charge is 0.467 e. The number of hydrogen-bond acceptors (Lipinski definition) is 4. The molecule has 2 heterocycles. The molecule has 5 aliphatic rings. The Bertz CT molecular complexity index is 717. The normalized spacial score (nSPS) is 38.2. The lowest BCUT2D eigenvalue weighted by Gasteiger charge is -2.37. The molecule has 1 saturated heterocycles. The van der Waals surface area contributed by atoms with Crippen molar-refractivity contribution < 1.29 is 18.8 Å². The second kappa shape index (κ2) is 4.82. The Morgan fingerprint density at radius 1 is 1.17 bits per heavy atom. The number of amides is 3. The minimum Gasteiger partial charge on any atom is -0.467 e. The highest BCUT2D eigenvalue weighted by Crippen LogP contribution is 2.65. The molecule has 24 heavy (non-hydrogen) atoms. The van der Waals surface area contributed by atoms with Crippen molar-refractivity contribution >= 4 is 17.7 Å². The number of allylic oxidation sites excluding steroid dienone is 2. The zero-order valence-corrected chi connectivity index (χ0v) is 13.1. The molecule has 0 radical (unpaired) electrons. The summed E-state index contributed by atoms with van der Waals surface area (Å²) in [4.78, 5) is 38.8. The van der Waals surface area contributed by atoms with Gasteiger partial charge in [0.25, 0.3) is 0 Å². The van der Waals surface area contributed by atoms with Crippen LogP contribution < -0.4 is 5.32 Å². The topological polar surface area (TPSA) is 79.6 Å². The van der Waals surface area contributed by atoms with E-state index < -0.39 is 0 Å². The Kier molecular flexibility index (Phi) is 2.81. The highest BCUT2D eigenvalue weighted by Gasteiger charge is 2.67. The number of rotatable bonds is 4. The van der Waals surface area contributed by atoms with Crippen molar-refractivity contribution in [3.05, 3.63) is 36.3 Å². The van der Waals surface area contributed by atoms with Crippen LogP contribution in [0.4, 0.5) is 0 Å². The number of nitrogens with one attached hydrogen (secondary N) is 1. The fraction of sp³-hybridized carbons (Fsp3) is 0.500. The molecule has 1 aliphatic heterocycles. The van der Waals surface area contributed by atoms with Gasteiger partial charge in [-0.2, -0.15) is 0 Å². The van der Waals surface area contributed by atoms with Crippen molar-refractivity contribution in [3.63, 3.8) is 0 Å². The average Bonchev–Trinajstić information content (AvgIpc) is 3.19. The van der Waals surface area contributed by atoms with Gasteiger partial charge in [0.15, 0.2) is 0 Å². The van der Waals surface area contributed by atoms with E-state index in [4.69, 9.17) is 4.42 Å². The van der Waals surface area contributed by atoms with Gasteiger partial charge in [-0.05, 0) is 42.2 Å². The van der Waals surface area contributed by atoms with Crippen molar-refractivity contribution in [2.45, 2.75) is 13.0 Å². The number of hydrogen-bond donors (Lipinski definition) is 1. The summed E-state index contributed by atoms with van der Waals surface area (Å²) < 4.78 is 5.16. The summed E-state index contributed by atoms with van der Waals surface area (Å²) in [6, 6.07) is 3.50. The van der Waals surface area contributed by atoms with E-state index in [2.05, 4.69) is 17.5 Å². The summed E-state index contributed by atoms with van der Waals surface area (Å²) in [7, 11) is 0. The van der Waals surface area contributed by atoms with Gasteiger partial charge < -0.3 is 9.73 Å². The Morgan fingerprint density at radius 2 is 1.83 bits per heavy atom. The number of nitrogens with zero attached hydrogens (tertiary/aromatic N) is 1. The van der Waals surface area contributed by atoms with Crippen molar-refractivity contribution in [3.8, 4) is 0 Å². The molecule has 6 heteroatoms. The second-order valence-electron chi connectivity index (χ2n) is 7.27. The maximum atomic E-state index is 12.7. The Balaban J connectivity index is 1.29. The lowest BCUT2D eigenvalue weighted by Crippen LogP contribution is -2.41. The lowest BCUT2D eigenvalue weighted by atomic mass is 9.63. The third-order valence-corrected chi connectivity index (χ3v) is 6.10. The molecule has 2 saturated carbocycles. The predicted octanol–water partition coefficient (Wildman–Crippen LogP) is 0.949. The maximum absolute atomic E-state index is 12.7. The average molecular weight is 326 g/mol. The summed E-state index contributed by atoms with van der Waals surface area (Å²) in [5.41, 5.74) is 0. The van der Waals surface area contributed by atoms with E-state index in [1.54, 1.807) is 12.1 Å². The molecule has 1 aromatic heterocycles. The number of imide groups is 1. The van der Waals surface area contributed by atoms with Crippen LogP contribution in [-0.2, 0) is 20.9 Å². The second-order valence-corrected chi connectivity index (χ2v) is 7.27. The van der Waals surface area contributed by atoms with Gasteiger partial charge in [0.2, 0.25) is 17.7 Å². The lowest BCUT2D eigenvalue weighted by molar-refractivity contribution is -0.143. The summed E-state index contributed by atoms with van der Waals surface area (Å²) in [5, 5.41) is 2.70. The van der Waals surface area contributed by atoms with Crippen molar-refractivity contribution in [1.29, 1.82) is 0 Å². The minimum absolute atomic E-state index is 0.164. The molecular formula is C18H18N2O4. The van der Waals surface area contributed by atoms with Gasteiger partial charge in [0, 0.05) is 0 Å². The predicted molar refractivity (Wildman–Crippen MR) is 82.0 cm³/mol. The molecule has 0 aromatic carbocycles. The molecule has 4 aliphatic carbocycles. The van der Waals surface area contributed by atoms with Crippen LogP contribution in [0.25, 0.3) is 0 Å². The number of furan rings is 1. The van der Waals surface area contributed by atoms with Crippen LogP contribution in [0.3, 0.4) is 0 Å². The smallest absolute Gasteiger partial charge is 0.240 e. The summed E-state index contributed by atoms with van der Waals surface area (Å²) >= 11 is 0. The van der Waals surface area contributed by atoms with Crippen LogP contribution in [-0.4, -0.2) is 29.2 Å². The molecule has 2 bridgehead atoms. The van der Waals surface area contributed by atoms with Crippen LogP contribution in [0.1, 0.15) is 12.2 Å². The molecule has 6 rings (SSSR count). The molecule has 3 amide bonds. The Morgan fingerprint density at radius 3 is 2.42 bits per heavy atom. The zero-order chi connectivity index (χ0) is 16.4. The molecule has 6 atom stereocenters. The van der Waals surface area contributed by atoms with Gasteiger partial charge in [-0.1, -0.05) is 12.2 Å². The van der Waals surface area contributed by atoms with Crippen molar-refractivity contribution in [2.75, 3.05) is 6.54 Å².